The van der Waals surface area contributed by atoms with Gasteiger partial charge in [-0.25, -0.2) is 9.97 Å². The lowest BCUT2D eigenvalue weighted by molar-refractivity contribution is -0.112. The number of aromatic amines is 1. The summed E-state index contributed by atoms with van der Waals surface area (Å²) in [7, 11) is 2.15. The summed E-state index contributed by atoms with van der Waals surface area (Å²) in [4.78, 5) is 28.2. The van der Waals surface area contributed by atoms with Gasteiger partial charge in [0.2, 0.25) is 0 Å². The highest BCUT2D eigenvalue weighted by Gasteiger charge is 2.16. The number of hydrogen-bond acceptors (Lipinski definition) is 5. The summed E-state index contributed by atoms with van der Waals surface area (Å²) in [5.74, 6) is 1.03. The predicted octanol–water partition coefficient (Wildman–Crippen LogP) is 2.98. The number of aromatic nitrogens is 3. The third-order valence-corrected chi connectivity index (χ3v) is 4.97. The molecule has 0 aromatic carbocycles. The quantitative estimate of drug-likeness (QED) is 0.724. The topological polar surface area (TPSA) is 65.1 Å². The van der Waals surface area contributed by atoms with Crippen molar-refractivity contribution in [2.24, 2.45) is 0 Å². The van der Waals surface area contributed by atoms with Crippen molar-refractivity contribution in [3.8, 4) is 11.1 Å². The maximum atomic E-state index is 11.2. The molecule has 1 fully saturated rings. The number of carbonyl (C=O) groups excluding carboxylic acids is 1. The lowest BCUT2D eigenvalue weighted by Gasteiger charge is -2.33. The van der Waals surface area contributed by atoms with Crippen molar-refractivity contribution >= 4 is 28.7 Å². The van der Waals surface area contributed by atoms with Gasteiger partial charge < -0.3 is 14.8 Å². The molecule has 0 spiro atoms. The lowest BCUT2D eigenvalue weighted by Crippen LogP contribution is -2.44. The number of piperazine rings is 1. The van der Waals surface area contributed by atoms with Crippen molar-refractivity contribution in [2.45, 2.75) is 6.92 Å². The molecule has 4 heterocycles. The number of H-pyrrole nitrogens is 1. The van der Waals surface area contributed by atoms with E-state index in [-0.39, 0.29) is 5.78 Å². The van der Waals surface area contributed by atoms with E-state index in [0.717, 1.165) is 59.7 Å². The minimum Gasteiger partial charge on any atom is -0.354 e. The van der Waals surface area contributed by atoms with E-state index < -0.39 is 0 Å². The zero-order chi connectivity index (χ0) is 18.8. The highest BCUT2D eigenvalue weighted by atomic mass is 16.1. The van der Waals surface area contributed by atoms with E-state index in [0.29, 0.717) is 0 Å². The Bertz CT molecular complexity index is 999. The van der Waals surface area contributed by atoms with Crippen LogP contribution in [0, 0.1) is 0 Å². The number of hydrogen-bond donors (Lipinski definition) is 1. The first-order chi connectivity index (χ1) is 13.1. The number of ketones is 1. The van der Waals surface area contributed by atoms with E-state index in [2.05, 4.69) is 43.9 Å². The van der Waals surface area contributed by atoms with Gasteiger partial charge in [-0.2, -0.15) is 0 Å². The van der Waals surface area contributed by atoms with Crippen molar-refractivity contribution in [3.63, 3.8) is 0 Å². The van der Waals surface area contributed by atoms with Crippen LogP contribution in [0.5, 0.6) is 0 Å². The molecule has 0 radical (unpaired) electrons. The number of nitrogens with one attached hydrogen (secondary N) is 1. The first kappa shape index (κ1) is 17.4. The smallest absolute Gasteiger partial charge is 0.152 e. The maximum absolute atomic E-state index is 11.2. The number of nitrogens with zero attached hydrogens (tertiary/aromatic N) is 4. The van der Waals surface area contributed by atoms with Crippen LogP contribution in [-0.4, -0.2) is 58.9 Å². The molecule has 138 valence electrons. The van der Waals surface area contributed by atoms with Crippen molar-refractivity contribution in [3.05, 3.63) is 48.4 Å². The molecule has 0 unspecified atom stereocenters. The molecule has 4 rings (SSSR count). The van der Waals surface area contributed by atoms with Crippen LogP contribution in [-0.2, 0) is 4.79 Å². The molecule has 0 aliphatic carbocycles. The summed E-state index contributed by atoms with van der Waals surface area (Å²) in [6.45, 7) is 5.62. The van der Waals surface area contributed by atoms with Crippen LogP contribution in [0.25, 0.3) is 28.2 Å². The Kier molecular flexibility index (Phi) is 4.73. The molecule has 1 saturated heterocycles. The van der Waals surface area contributed by atoms with Crippen molar-refractivity contribution in [1.29, 1.82) is 0 Å². The van der Waals surface area contributed by atoms with Gasteiger partial charge in [-0.05, 0) is 49.9 Å². The fourth-order valence-corrected chi connectivity index (χ4v) is 3.33. The molecular formula is C21H23N5O. The number of anilines is 1. The highest BCUT2D eigenvalue weighted by molar-refractivity contribution is 5.96. The van der Waals surface area contributed by atoms with Gasteiger partial charge in [-0.15, -0.1) is 0 Å². The summed E-state index contributed by atoms with van der Waals surface area (Å²) in [6.07, 6.45) is 9.02. The van der Waals surface area contributed by atoms with Gasteiger partial charge in [0, 0.05) is 61.3 Å². The number of allylic oxidation sites excluding steroid dienone is 1. The lowest BCUT2D eigenvalue weighted by atomic mass is 10.1. The van der Waals surface area contributed by atoms with Gasteiger partial charge in [-0.3, -0.25) is 4.79 Å². The van der Waals surface area contributed by atoms with Crippen LogP contribution in [0.15, 0.2) is 42.9 Å². The van der Waals surface area contributed by atoms with Gasteiger partial charge >= 0.3 is 0 Å². The second-order valence-corrected chi connectivity index (χ2v) is 7.00. The SMILES string of the molecule is CC(=O)/C=C/c1c[nH]c2ncc(-c3ccnc(N4CCN(C)CC4)c3)cc12. The third-order valence-electron chi connectivity index (χ3n) is 4.97. The van der Waals surface area contributed by atoms with Crippen LogP contribution in [0.2, 0.25) is 0 Å². The summed E-state index contributed by atoms with van der Waals surface area (Å²) >= 11 is 0. The molecule has 1 aliphatic rings. The average Bonchev–Trinajstić information content (AvgIpc) is 3.09. The van der Waals surface area contributed by atoms with E-state index in [1.807, 2.05) is 30.7 Å². The zero-order valence-corrected chi connectivity index (χ0v) is 15.6. The minimum absolute atomic E-state index is 0.0272. The van der Waals surface area contributed by atoms with E-state index in [9.17, 15) is 4.79 Å². The van der Waals surface area contributed by atoms with E-state index in [1.165, 1.54) is 0 Å². The average molecular weight is 361 g/mol. The molecule has 6 heteroatoms. The number of pyridine rings is 2. The Balaban J connectivity index is 1.67. The van der Waals surface area contributed by atoms with Crippen LogP contribution >= 0.6 is 0 Å². The monoisotopic (exact) mass is 361 g/mol. The molecule has 0 bridgehead atoms. The summed E-state index contributed by atoms with van der Waals surface area (Å²) < 4.78 is 0. The van der Waals surface area contributed by atoms with Crippen LogP contribution in [0.4, 0.5) is 5.82 Å². The first-order valence-electron chi connectivity index (χ1n) is 9.16. The molecule has 6 nitrogen and oxygen atoms in total. The summed E-state index contributed by atoms with van der Waals surface area (Å²) in [5.41, 5.74) is 3.91. The Hall–Kier alpha value is -2.99. The number of likely N-dealkylation sites (N-methyl/N-ethyl adjacent to an activating group) is 1. The maximum Gasteiger partial charge on any atom is 0.152 e. The molecule has 3 aromatic rings. The molecule has 0 amide bonds. The Morgan fingerprint density at radius 2 is 1.96 bits per heavy atom. The summed E-state index contributed by atoms with van der Waals surface area (Å²) in [6, 6.07) is 6.26. The fraction of sp³-hybridized carbons (Fsp3) is 0.286. The third kappa shape index (κ3) is 3.75. The van der Waals surface area contributed by atoms with Gasteiger partial charge in [-0.1, -0.05) is 0 Å². The normalized spacial score (nSPS) is 15.7. The molecule has 0 saturated carbocycles. The van der Waals surface area contributed by atoms with Gasteiger partial charge in [0.05, 0.1) is 0 Å². The van der Waals surface area contributed by atoms with Gasteiger partial charge in [0.1, 0.15) is 11.5 Å². The number of rotatable bonds is 4. The summed E-state index contributed by atoms with van der Waals surface area (Å²) in [5, 5.41) is 1.00. The predicted molar refractivity (Wildman–Crippen MR) is 109 cm³/mol. The highest BCUT2D eigenvalue weighted by Crippen LogP contribution is 2.27. The van der Waals surface area contributed by atoms with Crippen LogP contribution in [0.1, 0.15) is 12.5 Å². The Morgan fingerprint density at radius 3 is 2.74 bits per heavy atom. The van der Waals surface area contributed by atoms with Crippen LogP contribution < -0.4 is 4.90 Å². The van der Waals surface area contributed by atoms with Crippen LogP contribution in [0.3, 0.4) is 0 Å². The molecule has 1 N–H and O–H groups in total. The van der Waals surface area contributed by atoms with E-state index >= 15 is 0 Å². The van der Waals surface area contributed by atoms with E-state index in [1.54, 1.807) is 13.0 Å². The fourth-order valence-electron chi connectivity index (χ4n) is 3.33. The van der Waals surface area contributed by atoms with Gasteiger partial charge in [0.15, 0.2) is 5.78 Å². The van der Waals surface area contributed by atoms with Gasteiger partial charge in [0.25, 0.3) is 0 Å². The second kappa shape index (κ2) is 7.32. The number of fused-ring (bicyclic) bond motifs is 1. The second-order valence-electron chi connectivity index (χ2n) is 7.00. The minimum atomic E-state index is 0.0272. The molecular weight excluding hydrogens is 338 g/mol. The molecule has 0 atom stereocenters. The Labute approximate surface area is 158 Å². The molecule has 1 aliphatic heterocycles. The van der Waals surface area contributed by atoms with E-state index in [4.69, 9.17) is 0 Å². The first-order valence-corrected chi connectivity index (χ1v) is 9.16. The van der Waals surface area contributed by atoms with Crippen molar-refractivity contribution in [2.75, 3.05) is 38.1 Å². The van der Waals surface area contributed by atoms with Crippen molar-refractivity contribution < 1.29 is 4.79 Å². The number of carbonyl (C=O) groups is 1. The van der Waals surface area contributed by atoms with Crippen molar-refractivity contribution in [1.82, 2.24) is 19.9 Å². The Morgan fingerprint density at radius 1 is 1.15 bits per heavy atom. The molecule has 27 heavy (non-hydrogen) atoms. The zero-order valence-electron chi connectivity index (χ0n) is 15.6. The standard InChI is InChI=1S/C21H23N5O/c1-15(27)3-4-17-13-23-21-19(17)11-18(14-24-21)16-5-6-22-20(12-16)26-9-7-25(2)8-10-26/h3-6,11-14H,7-10H2,1-2H3,(H,23,24)/b4-3+. The molecule has 3 aromatic heterocycles. The largest absolute Gasteiger partial charge is 0.354 e.